The number of amides is 2. The number of piperidine rings is 1. The normalized spacial score (nSPS) is 17.6. The maximum absolute atomic E-state index is 12.2. The number of hydrogen-bond donors (Lipinski definition) is 4. The van der Waals surface area contributed by atoms with E-state index in [0.29, 0.717) is 6.54 Å². The Hall–Kier alpha value is -2.44. The van der Waals surface area contributed by atoms with Crippen molar-refractivity contribution in [3.8, 4) is 0 Å². The zero-order chi connectivity index (χ0) is 26.1. The first-order valence-electron chi connectivity index (χ1n) is 12.1. The predicted molar refractivity (Wildman–Crippen MR) is 137 cm³/mol. The summed E-state index contributed by atoms with van der Waals surface area (Å²) in [4.78, 5) is 26.3. The lowest BCUT2D eigenvalue weighted by molar-refractivity contribution is -0.126. The monoisotopic (exact) mass is 522 g/mol. The summed E-state index contributed by atoms with van der Waals surface area (Å²) in [5.74, 6) is -0.990. The summed E-state index contributed by atoms with van der Waals surface area (Å²) in [6.07, 6.45) is 0.381. The number of nitrogens with one attached hydrogen (secondary N) is 2. The number of alkyl halides is 1. The number of carbonyl (C=O) groups is 2. The number of benzene rings is 2. The smallest absolute Gasteiger partial charge is 0.239 e. The SMILES string of the molecule is CC(c1cccc2ccccc12)N1CCC(CN(CC(=O)NCC(=O)NCC(O)CF)S(=O)O)CC1. The van der Waals surface area contributed by atoms with Gasteiger partial charge in [0.1, 0.15) is 6.67 Å². The van der Waals surface area contributed by atoms with Gasteiger partial charge in [0.15, 0.2) is 0 Å². The molecule has 2 aromatic carbocycles. The lowest BCUT2D eigenvalue weighted by Gasteiger charge is -2.37. The molecule has 9 nitrogen and oxygen atoms in total. The summed E-state index contributed by atoms with van der Waals surface area (Å²) in [5.41, 5.74) is 1.28. The number of hydrogen-bond acceptors (Lipinski definition) is 5. The standard InChI is InChI=1S/C25H35FN4O5S/c1-18(22-8-4-6-20-5-2-3-7-23(20)22)29-11-9-19(10-12-29)16-30(36(34)35)17-25(33)28-15-24(32)27-14-21(31)13-26/h2-8,18-19,21,31H,9-17H2,1H3,(H,27,32)(H,28,33)(H,34,35). The van der Waals surface area contributed by atoms with E-state index >= 15 is 0 Å². The van der Waals surface area contributed by atoms with Crippen LogP contribution in [0.3, 0.4) is 0 Å². The van der Waals surface area contributed by atoms with Crippen LogP contribution in [-0.2, 0) is 20.9 Å². The second-order valence-electron chi connectivity index (χ2n) is 9.17. The van der Waals surface area contributed by atoms with Crippen LogP contribution >= 0.6 is 0 Å². The van der Waals surface area contributed by atoms with Gasteiger partial charge < -0.3 is 15.7 Å². The lowest BCUT2D eigenvalue weighted by atomic mass is 9.93. The van der Waals surface area contributed by atoms with Crippen molar-refractivity contribution in [2.24, 2.45) is 5.92 Å². The van der Waals surface area contributed by atoms with Gasteiger partial charge in [-0.2, -0.15) is 4.31 Å². The molecule has 3 unspecified atom stereocenters. The molecule has 3 atom stereocenters. The largest absolute Gasteiger partial charge is 0.389 e. The minimum Gasteiger partial charge on any atom is -0.389 e. The van der Waals surface area contributed by atoms with Gasteiger partial charge in [-0.15, -0.1) is 0 Å². The van der Waals surface area contributed by atoms with Gasteiger partial charge >= 0.3 is 0 Å². The number of halogens is 1. The van der Waals surface area contributed by atoms with Crippen molar-refractivity contribution in [1.82, 2.24) is 19.8 Å². The third-order valence-electron chi connectivity index (χ3n) is 6.63. The predicted octanol–water partition coefficient (Wildman–Crippen LogP) is 1.61. The second kappa shape index (κ2) is 13.8. The van der Waals surface area contributed by atoms with Crippen molar-refractivity contribution >= 4 is 33.9 Å². The molecule has 36 heavy (non-hydrogen) atoms. The van der Waals surface area contributed by atoms with E-state index < -0.39 is 35.9 Å². The molecule has 1 fully saturated rings. The molecular formula is C25H35FN4O5S. The molecule has 4 N–H and O–H groups in total. The van der Waals surface area contributed by atoms with E-state index in [0.717, 1.165) is 25.9 Å². The first-order chi connectivity index (χ1) is 17.3. The van der Waals surface area contributed by atoms with E-state index in [9.17, 15) is 22.7 Å². The molecule has 11 heteroatoms. The topological polar surface area (TPSA) is 122 Å². The first-order valence-corrected chi connectivity index (χ1v) is 13.2. The molecule has 0 saturated carbocycles. The highest BCUT2D eigenvalue weighted by Gasteiger charge is 2.27. The third kappa shape index (κ3) is 8.04. The van der Waals surface area contributed by atoms with Crippen LogP contribution < -0.4 is 10.6 Å². The van der Waals surface area contributed by atoms with Gasteiger partial charge in [0.2, 0.25) is 23.1 Å². The summed E-state index contributed by atoms with van der Waals surface area (Å²) in [6, 6.07) is 14.9. The molecule has 1 aliphatic rings. The van der Waals surface area contributed by atoms with E-state index in [1.807, 2.05) is 12.1 Å². The van der Waals surface area contributed by atoms with Crippen LogP contribution in [0, 0.1) is 5.92 Å². The maximum atomic E-state index is 12.2. The average Bonchev–Trinajstić information content (AvgIpc) is 2.89. The van der Waals surface area contributed by atoms with Gasteiger partial charge in [0, 0.05) is 19.1 Å². The number of aliphatic hydroxyl groups excluding tert-OH is 1. The third-order valence-corrected chi connectivity index (χ3v) is 7.35. The molecule has 1 heterocycles. The van der Waals surface area contributed by atoms with Crippen LogP contribution in [-0.4, -0.2) is 86.9 Å². The summed E-state index contributed by atoms with van der Waals surface area (Å²) in [6.45, 7) is 2.26. The fraction of sp³-hybridized carbons (Fsp3) is 0.520. The van der Waals surface area contributed by atoms with Crippen LogP contribution in [0.4, 0.5) is 4.39 Å². The fourth-order valence-corrected chi connectivity index (χ4v) is 5.12. The van der Waals surface area contributed by atoms with Crippen molar-refractivity contribution in [2.75, 3.05) is 45.9 Å². The number of fused-ring (bicyclic) bond motifs is 1. The number of likely N-dealkylation sites (tertiary alicyclic amines) is 1. The Labute approximate surface area is 213 Å². The van der Waals surface area contributed by atoms with E-state index in [-0.39, 0.29) is 31.6 Å². The van der Waals surface area contributed by atoms with Gasteiger partial charge in [-0.1, -0.05) is 42.5 Å². The summed E-state index contributed by atoms with van der Waals surface area (Å²) in [5, 5.41) is 16.3. The summed E-state index contributed by atoms with van der Waals surface area (Å²) >= 11 is -2.33. The van der Waals surface area contributed by atoms with Crippen LogP contribution in [0.15, 0.2) is 42.5 Å². The maximum Gasteiger partial charge on any atom is 0.239 e. The number of nitrogens with zero attached hydrogens (tertiary/aromatic N) is 2. The van der Waals surface area contributed by atoms with E-state index in [4.69, 9.17) is 5.11 Å². The zero-order valence-electron chi connectivity index (χ0n) is 20.4. The van der Waals surface area contributed by atoms with Crippen LogP contribution in [0.25, 0.3) is 10.8 Å². The Kier molecular flexibility index (Phi) is 10.7. The van der Waals surface area contributed by atoms with Crippen molar-refractivity contribution in [2.45, 2.75) is 31.9 Å². The van der Waals surface area contributed by atoms with Gasteiger partial charge in [-0.05, 0) is 55.1 Å². The van der Waals surface area contributed by atoms with E-state index in [1.165, 1.54) is 20.6 Å². The Bertz CT molecular complexity index is 1040. The van der Waals surface area contributed by atoms with Crippen LogP contribution in [0.2, 0.25) is 0 Å². The van der Waals surface area contributed by atoms with Gasteiger partial charge in [-0.25, -0.2) is 8.60 Å². The molecule has 198 valence electrons. The molecule has 3 rings (SSSR count). The van der Waals surface area contributed by atoms with E-state index in [1.54, 1.807) is 0 Å². The average molecular weight is 523 g/mol. The molecular weight excluding hydrogens is 487 g/mol. The Balaban J connectivity index is 1.47. The molecule has 1 aliphatic heterocycles. The number of rotatable bonds is 12. The van der Waals surface area contributed by atoms with Crippen molar-refractivity contribution in [3.63, 3.8) is 0 Å². The minimum absolute atomic E-state index is 0.162. The number of aliphatic hydroxyl groups is 1. The van der Waals surface area contributed by atoms with Crippen LogP contribution in [0.1, 0.15) is 31.4 Å². The van der Waals surface area contributed by atoms with Crippen molar-refractivity contribution in [3.05, 3.63) is 48.0 Å². The fourth-order valence-electron chi connectivity index (χ4n) is 4.55. The highest BCUT2D eigenvalue weighted by molar-refractivity contribution is 7.76. The Morgan fingerprint density at radius 1 is 1.14 bits per heavy atom. The molecule has 0 spiro atoms. The first kappa shape index (κ1) is 28.1. The minimum atomic E-state index is -2.33. The lowest BCUT2D eigenvalue weighted by Crippen LogP contribution is -2.46. The highest BCUT2D eigenvalue weighted by Crippen LogP contribution is 2.31. The Morgan fingerprint density at radius 3 is 2.53 bits per heavy atom. The van der Waals surface area contributed by atoms with Crippen molar-refractivity contribution in [1.29, 1.82) is 0 Å². The quantitative estimate of drug-likeness (QED) is 0.314. The Morgan fingerprint density at radius 2 is 1.83 bits per heavy atom. The summed E-state index contributed by atoms with van der Waals surface area (Å²) < 4.78 is 35.0. The molecule has 1 saturated heterocycles. The zero-order valence-corrected chi connectivity index (χ0v) is 21.3. The molecule has 0 aliphatic carbocycles. The second-order valence-corrected chi connectivity index (χ2v) is 10.1. The molecule has 2 amide bonds. The van der Waals surface area contributed by atoms with Gasteiger partial charge in [-0.3, -0.25) is 19.0 Å². The van der Waals surface area contributed by atoms with Crippen LogP contribution in [0.5, 0.6) is 0 Å². The van der Waals surface area contributed by atoms with E-state index in [2.05, 4.69) is 52.8 Å². The summed E-state index contributed by atoms with van der Waals surface area (Å²) in [7, 11) is 0. The molecule has 2 aromatic rings. The molecule has 0 aromatic heterocycles. The van der Waals surface area contributed by atoms with Crippen molar-refractivity contribution < 1.29 is 27.8 Å². The van der Waals surface area contributed by atoms with Gasteiger partial charge in [0.05, 0.1) is 19.2 Å². The molecule has 0 bridgehead atoms. The number of carbonyl (C=O) groups excluding carboxylic acids is 2. The highest BCUT2D eigenvalue weighted by atomic mass is 32.2. The molecule has 0 radical (unpaired) electrons. The van der Waals surface area contributed by atoms with Gasteiger partial charge in [0.25, 0.3) is 0 Å².